The SMILES string of the molecule is [B]B([B])B([B])B(B(B([B])[B])B([B])[B])B(B(B([B])[B])B([B])[B])B(B(B([B])[B])B([B])[B])B(B([B])[B])B([B])[B].c1ccc(-c2c3ccccc3n3cc4cc(N(c5ccc(-c6cccc7ccccc67)cc5)c5cccc6c5sc5ccccc56)ccc4cc23)cc1. The number of nitrogens with zero attached hydrogens (tertiary/aromatic N) is 2. The zero-order valence-corrected chi connectivity index (χ0v) is 50.4. The van der Waals surface area contributed by atoms with E-state index in [4.69, 9.17) is 147 Å². The van der Waals surface area contributed by atoms with Crippen LogP contribution >= 0.6 is 11.3 Å². The lowest BCUT2D eigenvalue weighted by atomic mass is 8.29. The molecular formula is C50H32B36N2S. The molecule has 0 aliphatic rings. The van der Waals surface area contributed by atoms with Crippen LogP contribution in [0.4, 0.5) is 17.1 Å². The Bertz CT molecular complexity index is 4140. The number of para-hydroxylation sites is 1. The predicted octanol–water partition coefficient (Wildman–Crippen LogP) is 0.862. The van der Waals surface area contributed by atoms with E-state index in [0.29, 0.717) is 0 Å². The first kappa shape index (κ1) is 67.5. The molecule has 0 aliphatic heterocycles. The van der Waals surface area contributed by atoms with Crippen molar-refractivity contribution in [3.05, 3.63) is 194 Å². The molecule has 3 heterocycles. The minimum atomic E-state index is -1.17. The predicted molar refractivity (Wildman–Crippen MR) is 436 cm³/mol. The van der Waals surface area contributed by atoms with Crippen LogP contribution in [0.1, 0.15) is 0 Å². The molecule has 11 rings (SSSR count). The summed E-state index contributed by atoms with van der Waals surface area (Å²) < 4.78 is 4.96. The average Bonchev–Trinajstić information content (AvgIpc) is 1.86. The summed E-state index contributed by atoms with van der Waals surface area (Å²) in [6, 6.07) is 68.6. The number of aromatic nitrogens is 1. The maximum atomic E-state index is 6.53. The van der Waals surface area contributed by atoms with E-state index in [1.54, 1.807) is 0 Å². The van der Waals surface area contributed by atoms with Crippen molar-refractivity contribution in [3.8, 4) is 22.3 Å². The molecule has 0 saturated heterocycles. The highest BCUT2D eigenvalue weighted by atomic mass is 32.1. The first-order valence-corrected chi connectivity index (χ1v) is 30.6. The highest BCUT2D eigenvalue weighted by Gasteiger charge is 2.55. The molecule has 3 aromatic heterocycles. The second-order valence-electron chi connectivity index (χ2n) is 23.6. The highest BCUT2D eigenvalue weighted by molar-refractivity contribution is 8.30. The van der Waals surface area contributed by atoms with Crippen molar-refractivity contribution in [2.45, 2.75) is 0 Å². The molecule has 0 bridgehead atoms. The number of anilines is 3. The Morgan fingerprint density at radius 2 is 0.798 bits per heavy atom. The fourth-order valence-corrected chi connectivity index (χ4v) is 15.2. The lowest BCUT2D eigenvalue weighted by molar-refractivity contribution is 1.27. The number of hydrogen-bond donors (Lipinski definition) is 0. The third-order valence-corrected chi connectivity index (χ3v) is 19.1. The molecule has 89 heavy (non-hydrogen) atoms. The van der Waals surface area contributed by atoms with Crippen molar-refractivity contribution < 1.29 is 0 Å². The van der Waals surface area contributed by atoms with Crippen molar-refractivity contribution >= 4 is 342 Å². The van der Waals surface area contributed by atoms with Crippen LogP contribution in [0.15, 0.2) is 194 Å². The zero-order valence-electron chi connectivity index (χ0n) is 49.6. The molecule has 11 aromatic rings. The lowest BCUT2D eigenvalue weighted by Gasteiger charge is -2.53. The van der Waals surface area contributed by atoms with E-state index in [1.807, 2.05) is 11.3 Å². The molecule has 0 atom stereocenters. The van der Waals surface area contributed by atoms with E-state index < -0.39 is 109 Å². The zero-order chi connectivity index (χ0) is 63.7. The maximum Gasteiger partial charge on any atom is 0.0640 e. The summed E-state index contributed by atoms with van der Waals surface area (Å²) >= 11 is 1.87. The van der Waals surface area contributed by atoms with Crippen molar-refractivity contribution in [2.24, 2.45) is 0 Å². The van der Waals surface area contributed by atoms with Gasteiger partial charge in [0.1, 0.15) is 0 Å². The van der Waals surface area contributed by atoms with Crippen LogP contribution in [0, 0.1) is 0 Å². The fourth-order valence-electron chi connectivity index (χ4n) is 14.0. The van der Waals surface area contributed by atoms with Crippen molar-refractivity contribution in [2.75, 3.05) is 4.90 Å². The Labute approximate surface area is 563 Å². The normalized spacial score (nSPS) is 10.9. The van der Waals surface area contributed by atoms with E-state index in [9.17, 15) is 0 Å². The van der Waals surface area contributed by atoms with Crippen LogP contribution in [0.25, 0.3) is 80.4 Å². The van der Waals surface area contributed by atoms with E-state index >= 15 is 0 Å². The van der Waals surface area contributed by atoms with E-state index in [0.717, 1.165) is 11.4 Å². The molecule has 0 fully saturated rings. The van der Waals surface area contributed by atoms with Crippen LogP contribution in [-0.2, 0) is 0 Å². The summed E-state index contributed by atoms with van der Waals surface area (Å²) in [5.74, 6) is 0. The van der Waals surface area contributed by atoms with Gasteiger partial charge in [-0.05, 0) is 81.4 Å². The summed E-state index contributed by atoms with van der Waals surface area (Å²) in [6.07, 6.45) is -16.0. The first-order valence-electron chi connectivity index (χ1n) is 29.8. The number of hydrogen-bond acceptors (Lipinski definition) is 2. The Morgan fingerprint density at radius 1 is 0.315 bits per heavy atom. The molecule has 0 aliphatic carbocycles. The second-order valence-corrected chi connectivity index (χ2v) is 24.6. The van der Waals surface area contributed by atoms with Crippen molar-refractivity contribution in [1.29, 1.82) is 0 Å². The summed E-state index contributed by atoms with van der Waals surface area (Å²) in [5, 5.41) is 8.78. The van der Waals surface area contributed by atoms with Crippen LogP contribution < -0.4 is 4.90 Å². The van der Waals surface area contributed by atoms with Gasteiger partial charge in [0.15, 0.2) is 0 Å². The van der Waals surface area contributed by atoms with Gasteiger partial charge in [-0.3, -0.25) is 0 Å². The molecule has 2 nitrogen and oxygen atoms in total. The van der Waals surface area contributed by atoms with Gasteiger partial charge in [0.05, 0.1) is 21.4 Å². The molecule has 38 radical (unpaired) electrons. The molecule has 356 valence electrons. The van der Waals surface area contributed by atoms with Gasteiger partial charge in [0, 0.05) is 305 Å². The third-order valence-electron chi connectivity index (χ3n) is 17.9. The summed E-state index contributed by atoms with van der Waals surface area (Å²) in [5.41, 5.74) is 10.8. The van der Waals surface area contributed by atoms with Gasteiger partial charge in [-0.15, -0.1) is 11.3 Å². The third kappa shape index (κ3) is 14.0. The van der Waals surface area contributed by atoms with Crippen LogP contribution in [-0.4, -0.2) is 260 Å². The second kappa shape index (κ2) is 29.3. The summed E-state index contributed by atoms with van der Waals surface area (Å²) in [6.45, 7) is 0. The van der Waals surface area contributed by atoms with Gasteiger partial charge < -0.3 is 9.30 Å². The van der Waals surface area contributed by atoms with Crippen LogP contribution in [0.2, 0.25) is 0 Å². The van der Waals surface area contributed by atoms with Gasteiger partial charge in [0.2, 0.25) is 0 Å². The topological polar surface area (TPSA) is 7.65 Å². The average molecular weight is 1080 g/mol. The minimum Gasteiger partial charge on any atom is -0.315 e. The van der Waals surface area contributed by atoms with E-state index in [1.165, 1.54) is 86.1 Å². The number of benzene rings is 8. The Morgan fingerprint density at radius 3 is 1.39 bits per heavy atom. The lowest BCUT2D eigenvalue weighted by Crippen LogP contribution is -2.91. The van der Waals surface area contributed by atoms with E-state index in [-0.39, 0.29) is 0 Å². The van der Waals surface area contributed by atoms with Crippen LogP contribution in [0.5, 0.6) is 0 Å². The maximum absolute atomic E-state index is 6.53. The quantitative estimate of drug-likeness (QED) is 0.0972. The Balaban J connectivity index is 0.000000215. The smallest absolute Gasteiger partial charge is 0.0640 e. The number of rotatable bonds is 21. The van der Waals surface area contributed by atoms with Crippen LogP contribution in [0.3, 0.4) is 0 Å². The first-order chi connectivity index (χ1) is 42.6. The minimum absolute atomic E-state index is 0.964. The summed E-state index contributed by atoms with van der Waals surface area (Å²) in [4.78, 5) is 2.44. The monoisotopic (exact) mass is 1090 g/mol. The molecule has 39 heteroatoms. The highest BCUT2D eigenvalue weighted by Crippen LogP contribution is 2.46. The molecule has 8 aromatic carbocycles. The fraction of sp³-hybridized carbons (Fsp3) is 0. The number of thiophene rings is 1. The summed E-state index contributed by atoms with van der Waals surface area (Å²) in [7, 11) is 117. The largest absolute Gasteiger partial charge is 0.315 e. The Hall–Kier alpha value is -4.34. The molecular weight excluding hydrogens is 1050 g/mol. The van der Waals surface area contributed by atoms with Gasteiger partial charge in [-0.25, -0.2) is 0 Å². The molecule has 0 amide bonds. The van der Waals surface area contributed by atoms with Gasteiger partial charge in [0.25, 0.3) is 0 Å². The molecule has 0 unspecified atom stereocenters. The molecule has 0 saturated carbocycles. The van der Waals surface area contributed by atoms with Gasteiger partial charge >= 0.3 is 0 Å². The van der Waals surface area contributed by atoms with E-state index in [2.05, 4.69) is 204 Å². The molecule has 0 N–H and O–H groups in total. The number of fused-ring (bicyclic) bond motifs is 8. The number of pyridine rings is 1. The van der Waals surface area contributed by atoms with Gasteiger partial charge in [-0.1, -0.05) is 140 Å². The van der Waals surface area contributed by atoms with Crippen molar-refractivity contribution in [1.82, 2.24) is 4.40 Å². The van der Waals surface area contributed by atoms with Crippen molar-refractivity contribution in [3.63, 3.8) is 0 Å². The molecule has 0 spiro atoms. The standard InChI is InChI=1S/C50H32N2S.B36/c1-2-13-35(14-3-1)49-44-18-6-8-21-45(44)51-32-37-30-39(29-26-36(37)31-47(49)51)52(46-22-11-20-43-42-17-7-9-23-48(42)53-50(43)46)38-27-24-34(25-28-38)41-19-10-15-33-12-4-5-16-40(33)41;1-20(2)29(19)34(30(21(3)4)22(5)6)36(33(27(15)16)28(17)18)35(31(23(7)8)24(9)10)32(25(11)12)26(13)14/h1-32H;. The Kier molecular flexibility index (Phi) is 22.2. The van der Waals surface area contributed by atoms with Gasteiger partial charge in [-0.2, -0.15) is 0 Å².